The van der Waals surface area contributed by atoms with Crippen LogP contribution in [0.5, 0.6) is 0 Å². The molecule has 0 bridgehead atoms. The molecule has 0 radical (unpaired) electrons. The third-order valence-electron chi connectivity index (χ3n) is 2.94. The Kier molecular flexibility index (Phi) is 3.38. The van der Waals surface area contributed by atoms with Gasteiger partial charge in [0.1, 0.15) is 0 Å². The molecule has 0 spiro atoms. The van der Waals surface area contributed by atoms with Gasteiger partial charge in [-0.1, -0.05) is 30.3 Å². The third-order valence-corrected chi connectivity index (χ3v) is 2.94. The average molecular weight is 214 g/mol. The number of hydrogen-bond donors (Lipinski definition) is 0. The van der Waals surface area contributed by atoms with Gasteiger partial charge in [-0.25, -0.2) is 0 Å². The molecule has 1 aliphatic rings. The number of ketones is 1. The number of hydrogen-bond acceptors (Lipinski definition) is 2. The molecule has 2 heteroatoms. The molecule has 0 amide bonds. The SMILES string of the molecule is C#CC(=O)[C@H]1C[C@H](OCc2ccccc2)C1. The molecule has 0 atom stereocenters. The van der Waals surface area contributed by atoms with Crippen LogP contribution in [0.2, 0.25) is 0 Å². The van der Waals surface area contributed by atoms with E-state index in [2.05, 4.69) is 5.92 Å². The summed E-state index contributed by atoms with van der Waals surface area (Å²) in [6.45, 7) is 0.614. The van der Waals surface area contributed by atoms with Gasteiger partial charge in [0.25, 0.3) is 0 Å². The Balaban J connectivity index is 1.71. The lowest BCUT2D eigenvalue weighted by Gasteiger charge is -2.32. The summed E-state index contributed by atoms with van der Waals surface area (Å²) in [6.07, 6.45) is 6.80. The van der Waals surface area contributed by atoms with Crippen molar-refractivity contribution in [3.63, 3.8) is 0 Å². The standard InChI is InChI=1S/C14H14O2/c1-2-14(15)12-8-13(9-12)16-10-11-6-4-3-5-7-11/h1,3-7,12-13H,8-10H2/t12-,13-. The first-order valence-electron chi connectivity index (χ1n) is 5.45. The van der Waals surface area contributed by atoms with Crippen LogP contribution in [-0.4, -0.2) is 11.9 Å². The molecule has 16 heavy (non-hydrogen) atoms. The minimum absolute atomic E-state index is 0.0331. The van der Waals surface area contributed by atoms with Crippen LogP contribution < -0.4 is 0 Å². The number of carbonyl (C=O) groups excluding carboxylic acids is 1. The molecule has 0 aromatic heterocycles. The molecule has 1 aliphatic carbocycles. The third kappa shape index (κ3) is 2.50. The van der Waals surface area contributed by atoms with Gasteiger partial charge < -0.3 is 4.74 Å². The highest BCUT2D eigenvalue weighted by atomic mass is 16.5. The number of ether oxygens (including phenoxy) is 1. The summed E-state index contributed by atoms with van der Waals surface area (Å²) in [5, 5.41) is 0. The van der Waals surface area contributed by atoms with Gasteiger partial charge in [-0.15, -0.1) is 6.42 Å². The van der Waals surface area contributed by atoms with Gasteiger partial charge in [-0.05, 0) is 24.3 Å². The van der Waals surface area contributed by atoms with Crippen LogP contribution in [0.1, 0.15) is 18.4 Å². The van der Waals surface area contributed by atoms with E-state index in [-0.39, 0.29) is 17.8 Å². The lowest BCUT2D eigenvalue weighted by Crippen LogP contribution is -2.35. The number of Topliss-reactive ketones (excluding diaryl/α,β-unsaturated/α-hetero) is 1. The van der Waals surface area contributed by atoms with Gasteiger partial charge in [0.05, 0.1) is 12.7 Å². The van der Waals surface area contributed by atoms with Crippen LogP contribution in [0.4, 0.5) is 0 Å². The largest absolute Gasteiger partial charge is 0.373 e. The van der Waals surface area contributed by atoms with Crippen LogP contribution in [-0.2, 0) is 16.1 Å². The van der Waals surface area contributed by atoms with Crippen molar-refractivity contribution in [3.8, 4) is 12.3 Å². The minimum Gasteiger partial charge on any atom is -0.373 e. The normalized spacial score (nSPS) is 23.2. The summed E-state index contributed by atoms with van der Waals surface area (Å²) >= 11 is 0. The van der Waals surface area contributed by atoms with Crippen molar-refractivity contribution < 1.29 is 9.53 Å². The molecular formula is C14H14O2. The molecule has 2 nitrogen and oxygen atoms in total. The molecule has 82 valence electrons. The summed E-state index contributed by atoms with van der Waals surface area (Å²) in [7, 11) is 0. The minimum atomic E-state index is -0.0837. The summed E-state index contributed by atoms with van der Waals surface area (Å²) in [4.78, 5) is 11.1. The lowest BCUT2D eigenvalue weighted by atomic mass is 9.79. The highest BCUT2D eigenvalue weighted by Gasteiger charge is 2.34. The zero-order valence-corrected chi connectivity index (χ0v) is 9.06. The van der Waals surface area contributed by atoms with E-state index < -0.39 is 0 Å². The molecule has 1 saturated carbocycles. The first-order valence-corrected chi connectivity index (χ1v) is 5.45. The maximum Gasteiger partial charge on any atom is 0.208 e. The van der Waals surface area contributed by atoms with Gasteiger partial charge in [-0.3, -0.25) is 4.79 Å². The Morgan fingerprint density at radius 1 is 1.38 bits per heavy atom. The number of terminal acetylenes is 1. The predicted molar refractivity (Wildman–Crippen MR) is 61.6 cm³/mol. The van der Waals surface area contributed by atoms with Gasteiger partial charge >= 0.3 is 0 Å². The van der Waals surface area contributed by atoms with Crippen molar-refractivity contribution in [2.24, 2.45) is 5.92 Å². The van der Waals surface area contributed by atoms with Gasteiger partial charge in [-0.2, -0.15) is 0 Å². The van der Waals surface area contributed by atoms with Crippen molar-refractivity contribution in [1.29, 1.82) is 0 Å². The maximum absolute atomic E-state index is 11.1. The maximum atomic E-state index is 11.1. The van der Waals surface area contributed by atoms with E-state index in [9.17, 15) is 4.79 Å². The molecule has 1 aromatic rings. The first kappa shape index (κ1) is 10.9. The summed E-state index contributed by atoms with van der Waals surface area (Å²) in [5.74, 6) is 2.12. The first-order chi connectivity index (χ1) is 7.79. The molecule has 0 saturated heterocycles. The second-order valence-corrected chi connectivity index (χ2v) is 4.10. The Hall–Kier alpha value is -1.59. The molecule has 0 aliphatic heterocycles. The van der Waals surface area contributed by atoms with Gasteiger partial charge in [0.15, 0.2) is 0 Å². The fraction of sp³-hybridized carbons (Fsp3) is 0.357. The monoisotopic (exact) mass is 214 g/mol. The summed E-state index contributed by atoms with van der Waals surface area (Å²) in [6, 6.07) is 10.0. The number of carbonyl (C=O) groups is 1. The quantitative estimate of drug-likeness (QED) is 0.567. The van der Waals surface area contributed by atoms with Crippen LogP contribution in [0.25, 0.3) is 0 Å². The summed E-state index contributed by atoms with van der Waals surface area (Å²) in [5.41, 5.74) is 1.16. The van der Waals surface area contributed by atoms with Crippen LogP contribution >= 0.6 is 0 Å². The Morgan fingerprint density at radius 3 is 2.69 bits per heavy atom. The van der Waals surface area contributed by atoms with E-state index in [0.717, 1.165) is 18.4 Å². The predicted octanol–water partition coefficient (Wildman–Crippen LogP) is 2.18. The zero-order chi connectivity index (χ0) is 11.4. The number of rotatable bonds is 4. The van der Waals surface area contributed by atoms with E-state index in [1.807, 2.05) is 30.3 Å². The Bertz CT molecular complexity index is 396. The molecule has 0 heterocycles. The van der Waals surface area contributed by atoms with E-state index in [4.69, 9.17) is 11.2 Å². The molecule has 1 fully saturated rings. The van der Waals surface area contributed by atoms with Crippen molar-refractivity contribution in [3.05, 3.63) is 35.9 Å². The zero-order valence-electron chi connectivity index (χ0n) is 9.06. The molecule has 0 N–H and O–H groups in total. The van der Waals surface area contributed by atoms with E-state index in [1.165, 1.54) is 0 Å². The second-order valence-electron chi connectivity index (χ2n) is 4.10. The van der Waals surface area contributed by atoms with Gasteiger partial charge in [0, 0.05) is 5.92 Å². The average Bonchev–Trinajstić information content (AvgIpc) is 2.28. The Labute approximate surface area is 95.6 Å². The van der Waals surface area contributed by atoms with Crippen LogP contribution in [0.15, 0.2) is 30.3 Å². The smallest absolute Gasteiger partial charge is 0.208 e. The van der Waals surface area contributed by atoms with Crippen molar-refractivity contribution in [2.45, 2.75) is 25.6 Å². The number of benzene rings is 1. The van der Waals surface area contributed by atoms with E-state index in [0.29, 0.717) is 6.61 Å². The fourth-order valence-corrected chi connectivity index (χ4v) is 1.82. The van der Waals surface area contributed by atoms with Gasteiger partial charge in [0.2, 0.25) is 5.78 Å². The lowest BCUT2D eigenvalue weighted by molar-refractivity contribution is -0.126. The van der Waals surface area contributed by atoms with Crippen LogP contribution in [0.3, 0.4) is 0 Å². The molecular weight excluding hydrogens is 200 g/mol. The van der Waals surface area contributed by atoms with Crippen molar-refractivity contribution >= 4 is 5.78 Å². The topological polar surface area (TPSA) is 26.3 Å². The Morgan fingerprint density at radius 2 is 2.06 bits per heavy atom. The summed E-state index contributed by atoms with van der Waals surface area (Å²) < 4.78 is 5.67. The molecule has 0 unspecified atom stereocenters. The van der Waals surface area contributed by atoms with Crippen molar-refractivity contribution in [2.75, 3.05) is 0 Å². The highest BCUT2D eigenvalue weighted by molar-refractivity contribution is 5.97. The molecule has 1 aromatic carbocycles. The van der Waals surface area contributed by atoms with E-state index >= 15 is 0 Å². The van der Waals surface area contributed by atoms with E-state index in [1.54, 1.807) is 0 Å². The highest BCUT2D eigenvalue weighted by Crippen LogP contribution is 2.31. The fourth-order valence-electron chi connectivity index (χ4n) is 1.82. The van der Waals surface area contributed by atoms with Crippen LogP contribution in [0, 0.1) is 18.3 Å². The van der Waals surface area contributed by atoms with Crippen molar-refractivity contribution in [1.82, 2.24) is 0 Å². The second kappa shape index (κ2) is 4.96. The molecule has 2 rings (SSSR count).